The Morgan fingerprint density at radius 2 is 0.920 bits per heavy atom. The van der Waals surface area contributed by atoms with Crippen molar-refractivity contribution in [2.45, 2.75) is 51.4 Å². The van der Waals surface area contributed by atoms with Gasteiger partial charge in [-0.25, -0.2) is 24.0 Å². The fourth-order valence-electron chi connectivity index (χ4n) is 4.25. The molecule has 2 amide bonds. The maximum Gasteiger partial charge on any atom is 0.407 e. The molecule has 0 unspecified atom stereocenters. The van der Waals surface area contributed by atoms with Crippen LogP contribution in [-0.2, 0) is 47.5 Å². The van der Waals surface area contributed by atoms with Crippen LogP contribution in [0, 0.1) is 10.8 Å². The van der Waals surface area contributed by atoms with Gasteiger partial charge in [0, 0.05) is 36.7 Å². The van der Waals surface area contributed by atoms with Crippen molar-refractivity contribution in [3.8, 4) is 0 Å². The van der Waals surface area contributed by atoms with Crippen LogP contribution in [0.25, 0.3) is 0 Å². The highest BCUT2D eigenvalue weighted by atomic mass is 16.7. The van der Waals surface area contributed by atoms with E-state index in [0.717, 1.165) is 31.1 Å². The van der Waals surface area contributed by atoms with Crippen LogP contribution in [0.15, 0.2) is 76.1 Å². The minimum Gasteiger partial charge on any atom is -0.476 e. The van der Waals surface area contributed by atoms with Crippen molar-refractivity contribution in [3.63, 3.8) is 0 Å². The number of carbonyl (C=O) groups excluding carboxylic acids is 5. The summed E-state index contributed by atoms with van der Waals surface area (Å²) in [6, 6.07) is 0. The molecule has 0 aliphatic rings. The molecule has 0 saturated heterocycles. The molecular formula is C36H54N2O12. The highest BCUT2D eigenvalue weighted by molar-refractivity contribution is 5.82. The van der Waals surface area contributed by atoms with E-state index in [1.165, 1.54) is 6.26 Å². The van der Waals surface area contributed by atoms with E-state index in [1.54, 1.807) is 12.2 Å². The molecule has 0 aromatic rings. The van der Waals surface area contributed by atoms with Gasteiger partial charge in [0.25, 0.3) is 0 Å². The number of nitrogens with one attached hydrogen (secondary N) is 2. The van der Waals surface area contributed by atoms with Gasteiger partial charge in [-0.1, -0.05) is 51.3 Å². The molecule has 0 saturated carbocycles. The summed E-state index contributed by atoms with van der Waals surface area (Å²) in [4.78, 5) is 60.0. The lowest BCUT2D eigenvalue weighted by Crippen LogP contribution is -2.44. The minimum absolute atomic E-state index is 0.0600. The average molecular weight is 707 g/mol. The van der Waals surface area contributed by atoms with E-state index in [0.29, 0.717) is 51.6 Å². The number of esters is 3. The number of hydrogen-bond acceptors (Lipinski definition) is 12. The first kappa shape index (κ1) is 45.2. The normalized spacial score (nSPS) is 10.7. The summed E-state index contributed by atoms with van der Waals surface area (Å²) in [5, 5.41) is 5.38. The lowest BCUT2D eigenvalue weighted by atomic mass is 9.80. The maximum atomic E-state index is 12.4. The van der Waals surface area contributed by atoms with E-state index in [-0.39, 0.29) is 46.4 Å². The maximum absolute atomic E-state index is 12.4. The van der Waals surface area contributed by atoms with Crippen molar-refractivity contribution in [3.05, 3.63) is 76.1 Å². The van der Waals surface area contributed by atoms with E-state index in [1.807, 2.05) is 0 Å². The van der Waals surface area contributed by atoms with Crippen LogP contribution in [0.4, 0.5) is 9.59 Å². The Hall–Kier alpha value is -4.85. The second kappa shape index (κ2) is 28.0. The molecule has 0 radical (unpaired) electrons. The van der Waals surface area contributed by atoms with Gasteiger partial charge in [-0.2, -0.15) is 0 Å². The van der Waals surface area contributed by atoms with Crippen LogP contribution >= 0.6 is 0 Å². The van der Waals surface area contributed by atoms with Crippen molar-refractivity contribution in [1.82, 2.24) is 10.6 Å². The fraction of sp³-hybridized carbons (Fsp3) is 0.528. The van der Waals surface area contributed by atoms with Gasteiger partial charge in [0.2, 0.25) is 0 Å². The molecular weight excluding hydrogens is 652 g/mol. The second-order valence-electron chi connectivity index (χ2n) is 11.3. The lowest BCUT2D eigenvalue weighted by Gasteiger charge is -2.32. The van der Waals surface area contributed by atoms with Crippen molar-refractivity contribution in [2.24, 2.45) is 10.8 Å². The first-order chi connectivity index (χ1) is 24.0. The zero-order valence-electron chi connectivity index (χ0n) is 29.1. The summed E-state index contributed by atoms with van der Waals surface area (Å²) in [6.45, 7) is 20.6. The molecule has 0 heterocycles. The molecule has 14 nitrogen and oxygen atoms in total. The predicted octanol–water partition coefficient (Wildman–Crippen LogP) is 5.23. The summed E-state index contributed by atoms with van der Waals surface area (Å²) in [5.74, 6) is -2.01. The molecule has 0 atom stereocenters. The van der Waals surface area contributed by atoms with Gasteiger partial charge < -0.3 is 43.8 Å². The Labute approximate surface area is 295 Å². The van der Waals surface area contributed by atoms with Crippen LogP contribution < -0.4 is 10.6 Å². The molecule has 0 rings (SSSR count). The Morgan fingerprint density at radius 3 is 1.32 bits per heavy atom. The van der Waals surface area contributed by atoms with Crippen molar-refractivity contribution < 1.29 is 57.1 Å². The zero-order valence-corrected chi connectivity index (χ0v) is 29.1. The van der Waals surface area contributed by atoms with Crippen molar-refractivity contribution >= 4 is 30.1 Å². The minimum atomic E-state index is -1.26. The summed E-state index contributed by atoms with van der Waals surface area (Å²) >= 11 is 0. The van der Waals surface area contributed by atoms with Crippen LogP contribution in [-0.4, -0.2) is 89.6 Å². The van der Waals surface area contributed by atoms with E-state index < -0.39 is 40.9 Å². The Kier molecular flexibility index (Phi) is 25.3. The van der Waals surface area contributed by atoms with Crippen LogP contribution in [0.5, 0.6) is 0 Å². The topological polar surface area (TPSA) is 174 Å². The number of amides is 2. The van der Waals surface area contributed by atoms with Gasteiger partial charge in [-0.15, -0.1) is 13.2 Å². The highest BCUT2D eigenvalue weighted by Gasteiger charge is 2.37. The molecule has 0 aliphatic heterocycles. The first-order valence-corrected chi connectivity index (χ1v) is 16.3. The van der Waals surface area contributed by atoms with Gasteiger partial charge in [0.15, 0.2) is 6.79 Å². The van der Waals surface area contributed by atoms with E-state index in [4.69, 9.17) is 33.2 Å². The Balaban J connectivity index is 4.74. The summed E-state index contributed by atoms with van der Waals surface area (Å²) in [5.41, 5.74) is -1.84. The lowest BCUT2D eigenvalue weighted by molar-refractivity contribution is -0.158. The Bertz CT molecular complexity index is 1080. The SMILES string of the molecule is C=CCCC(CCC=C)(COC(=O)C=C)COC(=O)NCCCCCCNC(=O)OCC(COCOC=C)(COC(=O)C=C)COC(=O)C=C. The molecule has 0 fully saturated rings. The fourth-order valence-corrected chi connectivity index (χ4v) is 4.25. The van der Waals surface area contributed by atoms with Crippen LogP contribution in [0.1, 0.15) is 51.4 Å². The second-order valence-corrected chi connectivity index (χ2v) is 11.3. The third-order valence-corrected chi connectivity index (χ3v) is 7.16. The smallest absolute Gasteiger partial charge is 0.407 e. The Morgan fingerprint density at radius 1 is 0.520 bits per heavy atom. The monoisotopic (exact) mass is 706 g/mol. The van der Waals surface area contributed by atoms with Gasteiger partial charge >= 0.3 is 30.1 Å². The average Bonchev–Trinajstić information content (AvgIpc) is 3.13. The van der Waals surface area contributed by atoms with Crippen LogP contribution in [0.3, 0.4) is 0 Å². The molecule has 0 bridgehead atoms. The third-order valence-electron chi connectivity index (χ3n) is 7.16. The number of unbranched alkanes of at least 4 members (excludes halogenated alkanes) is 3. The largest absolute Gasteiger partial charge is 0.476 e. The third kappa shape index (κ3) is 21.9. The number of rotatable bonds is 31. The number of allylic oxidation sites excluding steroid dienone is 2. The molecule has 0 aromatic heterocycles. The van der Waals surface area contributed by atoms with E-state index in [2.05, 4.69) is 50.1 Å². The highest BCUT2D eigenvalue weighted by Crippen LogP contribution is 2.32. The quantitative estimate of drug-likeness (QED) is 0.0183. The van der Waals surface area contributed by atoms with Gasteiger partial charge in [0.05, 0.1) is 18.3 Å². The molecule has 0 aliphatic carbocycles. The summed E-state index contributed by atoms with van der Waals surface area (Å²) in [6.07, 6.45) is 11.8. The molecule has 2 N–H and O–H groups in total. The predicted molar refractivity (Wildman–Crippen MR) is 186 cm³/mol. The number of ether oxygens (including phenoxy) is 7. The molecule has 280 valence electrons. The molecule has 0 spiro atoms. The van der Waals surface area contributed by atoms with Gasteiger partial charge in [-0.05, 0) is 38.5 Å². The molecule has 50 heavy (non-hydrogen) atoms. The number of alkyl carbamates (subject to hydrolysis) is 2. The van der Waals surface area contributed by atoms with Crippen LogP contribution in [0.2, 0.25) is 0 Å². The summed E-state index contributed by atoms with van der Waals surface area (Å²) < 4.78 is 36.9. The zero-order chi connectivity index (χ0) is 37.5. The summed E-state index contributed by atoms with van der Waals surface area (Å²) in [7, 11) is 0. The van der Waals surface area contributed by atoms with Gasteiger partial charge in [-0.3, -0.25) is 0 Å². The number of hydrogen-bond donors (Lipinski definition) is 2. The standard InChI is InChI=1S/C36H54N2O12/c1-7-13-19-35(20-14-8-2,24-46-30(39)9-3)25-49-33(42)37-21-17-15-16-18-22-38-34(43)50-28-36(23-45-29-44-12-6,26-47-31(40)10-4)27-48-32(41)11-5/h7-12H,1-6,13-29H2,(H,37,42)(H,38,43). The first-order valence-electron chi connectivity index (χ1n) is 16.3. The number of carbonyl (C=O) groups is 5. The molecule has 0 aromatic carbocycles. The van der Waals surface area contributed by atoms with Gasteiger partial charge in [0.1, 0.15) is 33.0 Å². The van der Waals surface area contributed by atoms with Crippen molar-refractivity contribution in [2.75, 3.05) is 59.5 Å². The molecule has 14 heteroatoms. The van der Waals surface area contributed by atoms with Crippen molar-refractivity contribution in [1.29, 1.82) is 0 Å². The van der Waals surface area contributed by atoms with E-state index in [9.17, 15) is 24.0 Å². The van der Waals surface area contributed by atoms with E-state index >= 15 is 0 Å².